The van der Waals surface area contributed by atoms with Crippen molar-refractivity contribution < 1.29 is 9.53 Å². The molecule has 2 aromatic carbocycles. The Kier molecular flexibility index (Phi) is 6.21. The van der Waals surface area contributed by atoms with Gasteiger partial charge in [-0.25, -0.2) is 14.8 Å². The van der Waals surface area contributed by atoms with Crippen molar-refractivity contribution in [2.75, 3.05) is 38.6 Å². The lowest BCUT2D eigenvalue weighted by molar-refractivity contribution is 0.0601. The molecule has 2 aromatic heterocycles. The number of methoxy groups -OCH3 is 1. The first kappa shape index (κ1) is 21.4. The highest BCUT2D eigenvalue weighted by molar-refractivity contribution is 6.12. The summed E-state index contributed by atoms with van der Waals surface area (Å²) in [4.78, 5) is 27.7. The fourth-order valence-electron chi connectivity index (χ4n) is 4.59. The van der Waals surface area contributed by atoms with Crippen LogP contribution in [0.4, 0.5) is 5.82 Å². The summed E-state index contributed by atoms with van der Waals surface area (Å²) in [6, 6.07) is 15.8. The summed E-state index contributed by atoms with van der Waals surface area (Å²) < 4.78 is 4.88. The van der Waals surface area contributed by atoms with Crippen LogP contribution in [0, 0.1) is 0 Å². The molecule has 1 aliphatic heterocycles. The van der Waals surface area contributed by atoms with E-state index in [2.05, 4.69) is 27.3 Å². The second-order valence-corrected chi connectivity index (χ2v) is 8.58. The minimum absolute atomic E-state index is 0.355. The normalized spacial score (nSPS) is 14.2. The quantitative estimate of drug-likeness (QED) is 0.311. The number of likely N-dealkylation sites (tertiary alicyclic amines) is 1. The van der Waals surface area contributed by atoms with E-state index in [-0.39, 0.29) is 5.97 Å². The molecule has 3 heterocycles. The van der Waals surface area contributed by atoms with Gasteiger partial charge in [-0.05, 0) is 56.6 Å². The predicted molar refractivity (Wildman–Crippen MR) is 131 cm³/mol. The van der Waals surface area contributed by atoms with E-state index in [9.17, 15) is 4.79 Å². The van der Waals surface area contributed by atoms with E-state index >= 15 is 0 Å². The Balaban J connectivity index is 1.47. The molecule has 33 heavy (non-hydrogen) atoms. The van der Waals surface area contributed by atoms with E-state index < -0.39 is 0 Å². The summed E-state index contributed by atoms with van der Waals surface area (Å²) in [7, 11) is 1.39. The zero-order valence-corrected chi connectivity index (χ0v) is 18.9. The van der Waals surface area contributed by atoms with Gasteiger partial charge in [0.05, 0.1) is 18.1 Å². The molecule has 4 aromatic rings. The third-order valence-electron chi connectivity index (χ3n) is 6.27. The van der Waals surface area contributed by atoms with E-state index in [1.165, 1.54) is 38.6 Å². The lowest BCUT2D eigenvalue weighted by Gasteiger charge is -2.15. The van der Waals surface area contributed by atoms with Crippen LogP contribution in [0.15, 0.2) is 48.5 Å². The van der Waals surface area contributed by atoms with Gasteiger partial charge < -0.3 is 19.9 Å². The lowest BCUT2D eigenvalue weighted by Crippen LogP contribution is -2.22. The number of aromatic amines is 1. The Hall–Kier alpha value is -3.45. The number of benzene rings is 2. The van der Waals surface area contributed by atoms with Crippen LogP contribution in [-0.4, -0.2) is 59.1 Å². The molecular weight excluding hydrogens is 414 g/mol. The zero-order chi connectivity index (χ0) is 22.6. The largest absolute Gasteiger partial charge is 0.465 e. The lowest BCUT2D eigenvalue weighted by atomic mass is 10.1. The van der Waals surface area contributed by atoms with Crippen molar-refractivity contribution in [3.8, 4) is 0 Å². The van der Waals surface area contributed by atoms with E-state index in [1.807, 2.05) is 30.3 Å². The van der Waals surface area contributed by atoms with Crippen molar-refractivity contribution in [1.82, 2.24) is 19.9 Å². The number of esters is 1. The summed E-state index contributed by atoms with van der Waals surface area (Å²) in [5.41, 5.74) is 3.30. The molecular formula is C26H29N5O2. The van der Waals surface area contributed by atoms with Crippen LogP contribution < -0.4 is 5.32 Å². The number of aromatic nitrogens is 3. The summed E-state index contributed by atoms with van der Waals surface area (Å²) >= 11 is 0. The minimum atomic E-state index is -0.355. The molecule has 0 spiro atoms. The van der Waals surface area contributed by atoms with E-state index in [4.69, 9.17) is 14.7 Å². The maximum atomic E-state index is 12.0. The zero-order valence-electron chi connectivity index (χ0n) is 18.9. The molecule has 0 radical (unpaired) electrons. The number of rotatable bonds is 8. The Morgan fingerprint density at radius 3 is 2.73 bits per heavy atom. The van der Waals surface area contributed by atoms with Crippen LogP contribution in [0.2, 0.25) is 0 Å². The molecule has 0 amide bonds. The van der Waals surface area contributed by atoms with E-state index in [0.29, 0.717) is 12.0 Å². The molecule has 0 unspecified atom stereocenters. The highest BCUT2D eigenvalue weighted by Gasteiger charge is 2.16. The third kappa shape index (κ3) is 4.68. The number of hydrogen-bond acceptors (Lipinski definition) is 6. The Morgan fingerprint density at radius 1 is 1.12 bits per heavy atom. The molecule has 0 bridgehead atoms. The van der Waals surface area contributed by atoms with Gasteiger partial charge in [0.25, 0.3) is 0 Å². The predicted octanol–water partition coefficient (Wildman–Crippen LogP) is 4.39. The van der Waals surface area contributed by atoms with Crippen molar-refractivity contribution in [2.45, 2.75) is 25.7 Å². The number of carbonyl (C=O) groups excluding carboxylic acids is 1. The topological polar surface area (TPSA) is 83.1 Å². The standard InChI is InChI=1S/C26H29N5O2/c1-33-26(32)19-10-11-20-21(17-19)28-25-23(20)24(27-12-7-15-31-13-5-6-14-31)29-22(30-25)16-18-8-3-2-4-9-18/h2-4,8-11,17H,5-7,12-16H2,1H3,(H2,27,28,29,30). The van der Waals surface area contributed by atoms with Crippen molar-refractivity contribution >= 4 is 33.7 Å². The van der Waals surface area contributed by atoms with Gasteiger partial charge in [-0.15, -0.1) is 0 Å². The van der Waals surface area contributed by atoms with Gasteiger partial charge in [0, 0.05) is 23.9 Å². The SMILES string of the molecule is COC(=O)c1ccc2c(c1)[nH]c1nc(Cc3ccccc3)nc(NCCCN3CCCC3)c12. The molecule has 1 saturated heterocycles. The van der Waals surface area contributed by atoms with Crippen LogP contribution in [0.1, 0.15) is 41.0 Å². The molecule has 170 valence electrons. The average molecular weight is 444 g/mol. The van der Waals surface area contributed by atoms with Gasteiger partial charge in [0.2, 0.25) is 0 Å². The number of carbonyl (C=O) groups is 1. The van der Waals surface area contributed by atoms with Gasteiger partial charge in [-0.2, -0.15) is 0 Å². The minimum Gasteiger partial charge on any atom is -0.465 e. The third-order valence-corrected chi connectivity index (χ3v) is 6.27. The molecule has 5 rings (SSSR count). The van der Waals surface area contributed by atoms with Crippen LogP contribution in [0.3, 0.4) is 0 Å². The Morgan fingerprint density at radius 2 is 1.94 bits per heavy atom. The maximum Gasteiger partial charge on any atom is 0.337 e. The molecule has 7 nitrogen and oxygen atoms in total. The van der Waals surface area contributed by atoms with E-state index in [1.54, 1.807) is 6.07 Å². The first-order valence-electron chi connectivity index (χ1n) is 11.6. The fraction of sp³-hybridized carbons (Fsp3) is 0.346. The van der Waals surface area contributed by atoms with Crippen molar-refractivity contribution in [1.29, 1.82) is 0 Å². The van der Waals surface area contributed by atoms with Crippen molar-refractivity contribution in [3.63, 3.8) is 0 Å². The van der Waals surface area contributed by atoms with Gasteiger partial charge in [-0.3, -0.25) is 0 Å². The number of anilines is 1. The van der Waals surface area contributed by atoms with Crippen LogP contribution in [0.5, 0.6) is 0 Å². The van der Waals surface area contributed by atoms with Gasteiger partial charge in [0.1, 0.15) is 17.3 Å². The van der Waals surface area contributed by atoms with Gasteiger partial charge >= 0.3 is 5.97 Å². The number of nitrogens with one attached hydrogen (secondary N) is 2. The average Bonchev–Trinajstić information content (AvgIpc) is 3.49. The molecule has 2 N–H and O–H groups in total. The molecule has 0 saturated carbocycles. The molecule has 0 atom stereocenters. The highest BCUT2D eigenvalue weighted by Crippen LogP contribution is 2.31. The summed E-state index contributed by atoms with van der Waals surface area (Å²) in [5.74, 6) is 1.24. The van der Waals surface area contributed by atoms with E-state index in [0.717, 1.165) is 53.1 Å². The second kappa shape index (κ2) is 9.58. The smallest absolute Gasteiger partial charge is 0.337 e. The monoisotopic (exact) mass is 443 g/mol. The van der Waals surface area contributed by atoms with Crippen molar-refractivity contribution in [2.24, 2.45) is 0 Å². The first-order chi connectivity index (χ1) is 16.2. The molecule has 1 fully saturated rings. The maximum absolute atomic E-state index is 12.0. The van der Waals surface area contributed by atoms with Crippen LogP contribution in [0.25, 0.3) is 21.9 Å². The van der Waals surface area contributed by atoms with Crippen molar-refractivity contribution in [3.05, 3.63) is 65.5 Å². The highest BCUT2D eigenvalue weighted by atomic mass is 16.5. The molecule has 0 aliphatic carbocycles. The summed E-state index contributed by atoms with van der Waals surface area (Å²) in [6.45, 7) is 4.38. The second-order valence-electron chi connectivity index (χ2n) is 8.58. The summed E-state index contributed by atoms with van der Waals surface area (Å²) in [5, 5.41) is 5.52. The Bertz CT molecular complexity index is 1260. The van der Waals surface area contributed by atoms with Crippen LogP contribution >= 0.6 is 0 Å². The number of hydrogen-bond donors (Lipinski definition) is 2. The number of nitrogens with zero attached hydrogens (tertiary/aromatic N) is 3. The first-order valence-corrected chi connectivity index (χ1v) is 11.6. The van der Waals surface area contributed by atoms with Gasteiger partial charge in [0.15, 0.2) is 0 Å². The number of H-pyrrole nitrogens is 1. The Labute approximate surface area is 193 Å². The fourth-order valence-corrected chi connectivity index (χ4v) is 4.59. The van der Waals surface area contributed by atoms with Gasteiger partial charge in [-0.1, -0.05) is 36.4 Å². The number of fused-ring (bicyclic) bond motifs is 3. The molecule has 1 aliphatic rings. The molecule has 7 heteroatoms. The van der Waals surface area contributed by atoms with Crippen LogP contribution in [-0.2, 0) is 11.2 Å². The number of ether oxygens (including phenoxy) is 1. The summed E-state index contributed by atoms with van der Waals surface area (Å²) in [6.07, 6.45) is 4.34.